The number of anilines is 1. The van der Waals surface area contributed by atoms with Gasteiger partial charge in [0.25, 0.3) is 10.0 Å². The van der Waals surface area contributed by atoms with Gasteiger partial charge in [-0.25, -0.2) is 8.42 Å². The van der Waals surface area contributed by atoms with Crippen LogP contribution in [-0.4, -0.2) is 28.0 Å². The Morgan fingerprint density at radius 2 is 1.72 bits per heavy atom. The molecule has 3 aromatic carbocycles. The van der Waals surface area contributed by atoms with Crippen LogP contribution in [0.5, 0.6) is 5.75 Å². The number of methoxy groups -OCH3 is 1. The number of carbonyl (C=O) groups excluding carboxylic acids is 1. The van der Waals surface area contributed by atoms with Crippen molar-refractivity contribution >= 4 is 33.2 Å². The molecule has 3 aromatic rings. The topological polar surface area (TPSA) is 75.7 Å². The summed E-state index contributed by atoms with van der Waals surface area (Å²) in [4.78, 5) is 12.9. The first-order chi connectivity index (χ1) is 15.2. The molecule has 1 N–H and O–H groups in total. The molecule has 168 valence electrons. The van der Waals surface area contributed by atoms with Crippen molar-refractivity contribution in [2.45, 2.75) is 25.3 Å². The second-order valence-corrected chi connectivity index (χ2v) is 9.64. The minimum absolute atomic E-state index is 0.106. The Hall–Kier alpha value is -3.03. The molecule has 0 bridgehead atoms. The summed E-state index contributed by atoms with van der Waals surface area (Å²) >= 11 is 6.06. The lowest BCUT2D eigenvalue weighted by molar-refractivity contribution is -0.119. The molecule has 0 aromatic heterocycles. The number of carbonyl (C=O) groups is 1. The number of nitrogens with zero attached hydrogens (tertiary/aromatic N) is 1. The maximum atomic E-state index is 13.5. The van der Waals surface area contributed by atoms with Crippen LogP contribution < -0.4 is 14.4 Å². The van der Waals surface area contributed by atoms with Crippen molar-refractivity contribution in [2.75, 3.05) is 18.0 Å². The van der Waals surface area contributed by atoms with E-state index in [-0.39, 0.29) is 18.0 Å². The molecule has 3 rings (SSSR count). The normalized spacial score (nSPS) is 11.1. The van der Waals surface area contributed by atoms with Gasteiger partial charge < -0.3 is 10.1 Å². The fourth-order valence-corrected chi connectivity index (χ4v) is 4.98. The number of ether oxygens (including phenoxy) is 1. The van der Waals surface area contributed by atoms with Gasteiger partial charge in [0.1, 0.15) is 12.3 Å². The van der Waals surface area contributed by atoms with Crippen molar-refractivity contribution in [2.24, 2.45) is 0 Å². The van der Waals surface area contributed by atoms with Crippen LogP contribution in [0.1, 0.15) is 16.7 Å². The Bertz CT molecular complexity index is 1210. The van der Waals surface area contributed by atoms with E-state index in [9.17, 15) is 13.2 Å². The van der Waals surface area contributed by atoms with Crippen LogP contribution >= 0.6 is 11.6 Å². The molecule has 0 aliphatic carbocycles. The van der Waals surface area contributed by atoms with Crippen molar-refractivity contribution in [3.8, 4) is 5.75 Å². The molecule has 0 aliphatic heterocycles. The van der Waals surface area contributed by atoms with Crippen LogP contribution in [0.4, 0.5) is 5.69 Å². The summed E-state index contributed by atoms with van der Waals surface area (Å²) in [5, 5.41) is 3.27. The van der Waals surface area contributed by atoms with Gasteiger partial charge in [0.15, 0.2) is 0 Å². The van der Waals surface area contributed by atoms with Crippen molar-refractivity contribution in [3.63, 3.8) is 0 Å². The average molecular weight is 473 g/mol. The number of rotatable bonds is 8. The second-order valence-electron chi connectivity index (χ2n) is 7.34. The van der Waals surface area contributed by atoms with E-state index in [2.05, 4.69) is 5.32 Å². The number of para-hydroxylation sites is 1. The van der Waals surface area contributed by atoms with E-state index in [1.54, 1.807) is 50.4 Å². The summed E-state index contributed by atoms with van der Waals surface area (Å²) in [6.07, 6.45) is 0. The van der Waals surface area contributed by atoms with Gasteiger partial charge in [-0.1, -0.05) is 47.5 Å². The third-order valence-electron chi connectivity index (χ3n) is 4.99. The Balaban J connectivity index is 1.90. The highest BCUT2D eigenvalue weighted by molar-refractivity contribution is 7.92. The van der Waals surface area contributed by atoms with E-state index in [0.29, 0.717) is 22.0 Å². The third-order valence-corrected chi connectivity index (χ3v) is 7.00. The fourth-order valence-electron chi connectivity index (χ4n) is 3.26. The Kier molecular flexibility index (Phi) is 7.43. The van der Waals surface area contributed by atoms with Crippen molar-refractivity contribution in [1.82, 2.24) is 5.32 Å². The first kappa shape index (κ1) is 23.6. The summed E-state index contributed by atoms with van der Waals surface area (Å²) in [5.74, 6) is 0.200. The number of aryl methyl sites for hydroxylation is 2. The zero-order valence-electron chi connectivity index (χ0n) is 18.1. The van der Waals surface area contributed by atoms with Crippen LogP contribution in [-0.2, 0) is 21.4 Å². The molecule has 8 heteroatoms. The van der Waals surface area contributed by atoms with Gasteiger partial charge in [0, 0.05) is 17.1 Å². The standard InChI is InChI=1S/C24H25ClN2O4S/c1-17-8-11-21(12-9-17)32(29,30)27(22-13-10-20(25)14-18(22)2)16-24(28)26-15-19-6-4-5-7-23(19)31-3/h4-14H,15-16H2,1-3H3,(H,26,28). The summed E-state index contributed by atoms with van der Waals surface area (Å²) in [6.45, 7) is 3.46. The summed E-state index contributed by atoms with van der Waals surface area (Å²) < 4.78 is 33.4. The molecule has 0 radical (unpaired) electrons. The van der Waals surface area contributed by atoms with Gasteiger partial charge in [-0.3, -0.25) is 9.10 Å². The van der Waals surface area contributed by atoms with Crippen LogP contribution in [0.25, 0.3) is 0 Å². The number of amides is 1. The van der Waals surface area contributed by atoms with Gasteiger partial charge >= 0.3 is 0 Å². The van der Waals surface area contributed by atoms with Gasteiger partial charge in [-0.2, -0.15) is 0 Å². The highest BCUT2D eigenvalue weighted by Gasteiger charge is 2.28. The first-order valence-electron chi connectivity index (χ1n) is 9.96. The molecule has 0 saturated carbocycles. The van der Waals surface area contributed by atoms with E-state index in [0.717, 1.165) is 15.4 Å². The zero-order chi connectivity index (χ0) is 23.3. The number of benzene rings is 3. The van der Waals surface area contributed by atoms with Crippen molar-refractivity contribution < 1.29 is 17.9 Å². The lowest BCUT2D eigenvalue weighted by Gasteiger charge is -2.26. The van der Waals surface area contributed by atoms with E-state index in [4.69, 9.17) is 16.3 Å². The van der Waals surface area contributed by atoms with Gasteiger partial charge in [-0.05, 0) is 55.8 Å². The smallest absolute Gasteiger partial charge is 0.264 e. The molecule has 0 spiro atoms. The number of nitrogens with one attached hydrogen (secondary N) is 1. The van der Waals surface area contributed by atoms with Gasteiger partial charge in [-0.15, -0.1) is 0 Å². The summed E-state index contributed by atoms with van der Waals surface area (Å²) in [7, 11) is -2.44. The monoisotopic (exact) mass is 472 g/mol. The average Bonchev–Trinajstić information content (AvgIpc) is 2.77. The Morgan fingerprint density at radius 3 is 2.38 bits per heavy atom. The Labute approximate surface area is 193 Å². The molecule has 0 aliphatic rings. The maximum Gasteiger partial charge on any atom is 0.264 e. The van der Waals surface area contributed by atoms with E-state index in [1.165, 1.54) is 12.1 Å². The molecule has 0 atom stereocenters. The molecule has 0 unspecified atom stereocenters. The van der Waals surface area contributed by atoms with Crippen LogP contribution in [0.2, 0.25) is 5.02 Å². The quantitative estimate of drug-likeness (QED) is 0.524. The molecule has 1 amide bonds. The van der Waals surface area contributed by atoms with Crippen molar-refractivity contribution in [3.05, 3.63) is 88.4 Å². The van der Waals surface area contributed by atoms with Crippen molar-refractivity contribution in [1.29, 1.82) is 0 Å². The largest absolute Gasteiger partial charge is 0.496 e. The highest BCUT2D eigenvalue weighted by atomic mass is 35.5. The van der Waals surface area contributed by atoms with E-state index >= 15 is 0 Å². The molecule has 0 fully saturated rings. The summed E-state index contributed by atoms with van der Waals surface area (Å²) in [5.41, 5.74) is 2.76. The SMILES string of the molecule is COc1ccccc1CNC(=O)CN(c1ccc(Cl)cc1C)S(=O)(=O)c1ccc(C)cc1. The molecule has 0 heterocycles. The van der Waals surface area contributed by atoms with E-state index in [1.807, 2.05) is 25.1 Å². The molecule has 0 saturated heterocycles. The van der Waals surface area contributed by atoms with Crippen LogP contribution in [0, 0.1) is 13.8 Å². The van der Waals surface area contributed by atoms with Gasteiger partial charge in [0.05, 0.1) is 17.7 Å². The lowest BCUT2D eigenvalue weighted by Crippen LogP contribution is -2.41. The molecule has 6 nitrogen and oxygen atoms in total. The molecular formula is C24H25ClN2O4S. The predicted molar refractivity (Wildman–Crippen MR) is 127 cm³/mol. The number of halogens is 1. The van der Waals surface area contributed by atoms with Crippen LogP contribution in [0.3, 0.4) is 0 Å². The summed E-state index contributed by atoms with van der Waals surface area (Å²) in [6, 6.07) is 18.7. The fraction of sp³-hybridized carbons (Fsp3) is 0.208. The second kappa shape index (κ2) is 10.1. The molecular weight excluding hydrogens is 448 g/mol. The minimum Gasteiger partial charge on any atom is -0.496 e. The molecule has 32 heavy (non-hydrogen) atoms. The van der Waals surface area contributed by atoms with E-state index < -0.39 is 15.9 Å². The van der Waals surface area contributed by atoms with Crippen LogP contribution in [0.15, 0.2) is 71.6 Å². The maximum absolute atomic E-state index is 13.5. The number of sulfonamides is 1. The Morgan fingerprint density at radius 1 is 1.03 bits per heavy atom. The third kappa shape index (κ3) is 5.41. The number of hydrogen-bond acceptors (Lipinski definition) is 4. The minimum atomic E-state index is -3.99. The van der Waals surface area contributed by atoms with Gasteiger partial charge in [0.2, 0.25) is 5.91 Å². The predicted octanol–water partition coefficient (Wildman–Crippen LogP) is 4.48. The lowest BCUT2D eigenvalue weighted by atomic mass is 10.2. The highest BCUT2D eigenvalue weighted by Crippen LogP contribution is 2.29. The number of hydrogen-bond donors (Lipinski definition) is 1. The zero-order valence-corrected chi connectivity index (χ0v) is 19.7. The first-order valence-corrected chi connectivity index (χ1v) is 11.8.